The fourth-order valence-electron chi connectivity index (χ4n) is 2.22. The summed E-state index contributed by atoms with van der Waals surface area (Å²) >= 11 is 0. The highest BCUT2D eigenvalue weighted by molar-refractivity contribution is 5.22. The van der Waals surface area contributed by atoms with E-state index in [4.69, 9.17) is 4.74 Å². The summed E-state index contributed by atoms with van der Waals surface area (Å²) in [5, 5.41) is 9.90. The van der Waals surface area contributed by atoms with E-state index in [2.05, 4.69) is 0 Å². The van der Waals surface area contributed by atoms with Crippen LogP contribution in [0.25, 0.3) is 0 Å². The van der Waals surface area contributed by atoms with E-state index in [0.717, 1.165) is 18.9 Å². The third kappa shape index (κ3) is 3.03. The van der Waals surface area contributed by atoms with E-state index in [9.17, 15) is 18.3 Å². The summed E-state index contributed by atoms with van der Waals surface area (Å²) in [4.78, 5) is 0. The van der Waals surface area contributed by atoms with Crippen molar-refractivity contribution in [2.45, 2.75) is 25.4 Å². The molecule has 1 heterocycles. The van der Waals surface area contributed by atoms with Crippen LogP contribution in [0.3, 0.4) is 0 Å². The largest absolute Gasteiger partial charge is 0.388 e. The lowest BCUT2D eigenvalue weighted by Crippen LogP contribution is -2.18. The number of benzene rings is 1. The predicted molar refractivity (Wildman–Crippen MR) is 59.4 cm³/mol. The fraction of sp³-hybridized carbons (Fsp3) is 0.538. The van der Waals surface area contributed by atoms with Crippen LogP contribution in [0.4, 0.5) is 13.2 Å². The topological polar surface area (TPSA) is 29.5 Å². The molecule has 1 fully saturated rings. The second-order valence-electron chi connectivity index (χ2n) is 4.60. The molecule has 0 saturated carbocycles. The molecule has 0 amide bonds. The van der Waals surface area contributed by atoms with Gasteiger partial charge in [0.25, 0.3) is 0 Å². The summed E-state index contributed by atoms with van der Waals surface area (Å²) in [6.45, 7) is 1.25. The fourth-order valence-corrected chi connectivity index (χ4v) is 2.22. The van der Waals surface area contributed by atoms with Crippen LogP contribution >= 0.6 is 0 Å². The highest BCUT2D eigenvalue weighted by atomic mass is 19.2. The zero-order chi connectivity index (χ0) is 13.1. The first-order valence-corrected chi connectivity index (χ1v) is 5.98. The van der Waals surface area contributed by atoms with Gasteiger partial charge in [-0.15, -0.1) is 0 Å². The van der Waals surface area contributed by atoms with Gasteiger partial charge in [-0.1, -0.05) is 0 Å². The molecule has 1 unspecified atom stereocenters. The number of hydrogen-bond donors (Lipinski definition) is 1. The molecule has 2 rings (SSSR count). The first kappa shape index (κ1) is 13.4. The minimum absolute atomic E-state index is 0.180. The smallest absolute Gasteiger partial charge is 0.161 e. The van der Waals surface area contributed by atoms with Crippen molar-refractivity contribution in [3.63, 3.8) is 0 Å². The maximum atomic E-state index is 13.4. The second kappa shape index (κ2) is 5.71. The Morgan fingerprint density at radius 3 is 2.39 bits per heavy atom. The quantitative estimate of drug-likeness (QED) is 0.847. The summed E-state index contributed by atoms with van der Waals surface area (Å²) in [5.41, 5.74) is -0.180. The van der Waals surface area contributed by atoms with Crippen LogP contribution in [0.15, 0.2) is 12.1 Å². The number of rotatable bonds is 3. The van der Waals surface area contributed by atoms with E-state index >= 15 is 0 Å². The molecule has 2 nitrogen and oxygen atoms in total. The van der Waals surface area contributed by atoms with Crippen LogP contribution in [0, 0.1) is 23.4 Å². The zero-order valence-electron chi connectivity index (χ0n) is 9.83. The molecular formula is C13H15F3O2. The first-order valence-electron chi connectivity index (χ1n) is 5.98. The number of hydrogen-bond acceptors (Lipinski definition) is 2. The van der Waals surface area contributed by atoms with Crippen molar-refractivity contribution in [3.8, 4) is 0 Å². The van der Waals surface area contributed by atoms with Crippen molar-refractivity contribution in [2.75, 3.05) is 13.2 Å². The van der Waals surface area contributed by atoms with E-state index < -0.39 is 23.6 Å². The number of halogens is 3. The van der Waals surface area contributed by atoms with Crippen LogP contribution in [0.5, 0.6) is 0 Å². The highest BCUT2D eigenvalue weighted by Gasteiger charge is 2.22. The Bertz CT molecular complexity index is 417. The monoisotopic (exact) mass is 260 g/mol. The number of aliphatic hydroxyl groups is 1. The van der Waals surface area contributed by atoms with Crippen LogP contribution in [0.1, 0.15) is 30.9 Å². The number of aliphatic hydroxyl groups excluding tert-OH is 1. The Kier molecular flexibility index (Phi) is 4.24. The summed E-state index contributed by atoms with van der Waals surface area (Å²) < 4.78 is 44.4. The standard InChI is InChI=1S/C13H15F3O2/c14-10-7-12(16)11(15)6-9(10)13(17)5-8-1-3-18-4-2-8/h6-8,13,17H,1-5H2. The van der Waals surface area contributed by atoms with Gasteiger partial charge in [-0.25, -0.2) is 13.2 Å². The summed E-state index contributed by atoms with van der Waals surface area (Å²) in [6.07, 6.45) is 0.819. The molecule has 0 aliphatic carbocycles. The van der Waals surface area contributed by atoms with Crippen molar-refractivity contribution in [1.29, 1.82) is 0 Å². The lowest BCUT2D eigenvalue weighted by Gasteiger charge is -2.24. The number of ether oxygens (including phenoxy) is 1. The molecule has 100 valence electrons. The molecule has 1 saturated heterocycles. The molecule has 1 aliphatic rings. The minimum atomic E-state index is -1.24. The van der Waals surface area contributed by atoms with Crippen LogP contribution in [-0.2, 0) is 4.74 Å². The summed E-state index contributed by atoms with van der Waals surface area (Å²) in [6, 6.07) is 1.20. The average Bonchev–Trinajstić information content (AvgIpc) is 2.35. The molecule has 1 atom stereocenters. The van der Waals surface area contributed by atoms with Crippen molar-refractivity contribution in [1.82, 2.24) is 0 Å². The zero-order valence-corrected chi connectivity index (χ0v) is 9.83. The minimum Gasteiger partial charge on any atom is -0.388 e. The normalized spacial score (nSPS) is 18.9. The SMILES string of the molecule is OC(CC1CCOCC1)c1cc(F)c(F)cc1F. The van der Waals surface area contributed by atoms with Crippen LogP contribution < -0.4 is 0 Å². The van der Waals surface area contributed by atoms with Crippen LogP contribution in [0.2, 0.25) is 0 Å². The van der Waals surface area contributed by atoms with Gasteiger partial charge in [0.05, 0.1) is 6.10 Å². The molecule has 0 aromatic heterocycles. The molecule has 18 heavy (non-hydrogen) atoms. The van der Waals surface area contributed by atoms with E-state index in [1.165, 1.54) is 0 Å². The van der Waals surface area contributed by atoms with Gasteiger partial charge in [0, 0.05) is 24.8 Å². The van der Waals surface area contributed by atoms with E-state index in [1.54, 1.807) is 0 Å². The molecule has 0 radical (unpaired) electrons. The Labute approximate surface area is 103 Å². The van der Waals surface area contributed by atoms with Crippen molar-refractivity contribution >= 4 is 0 Å². The predicted octanol–water partition coefficient (Wildman–Crippen LogP) is 2.95. The third-order valence-electron chi connectivity index (χ3n) is 3.30. The summed E-state index contributed by atoms with van der Waals surface area (Å²) in [7, 11) is 0. The van der Waals surface area contributed by atoms with Gasteiger partial charge in [0.15, 0.2) is 11.6 Å². The van der Waals surface area contributed by atoms with Crippen molar-refractivity contribution in [2.24, 2.45) is 5.92 Å². The Morgan fingerprint density at radius 1 is 1.11 bits per heavy atom. The second-order valence-corrected chi connectivity index (χ2v) is 4.60. The Balaban J connectivity index is 2.08. The average molecular weight is 260 g/mol. The first-order chi connectivity index (χ1) is 8.58. The van der Waals surface area contributed by atoms with Crippen LogP contribution in [-0.4, -0.2) is 18.3 Å². The van der Waals surface area contributed by atoms with Gasteiger partial charge in [-0.2, -0.15) is 0 Å². The molecule has 0 bridgehead atoms. The molecule has 5 heteroatoms. The van der Waals surface area contributed by atoms with Crippen molar-refractivity contribution in [3.05, 3.63) is 35.1 Å². The van der Waals surface area contributed by atoms with Gasteiger partial charge in [-0.05, 0) is 31.2 Å². The highest BCUT2D eigenvalue weighted by Crippen LogP contribution is 2.29. The summed E-state index contributed by atoms with van der Waals surface area (Å²) in [5.74, 6) is -3.07. The van der Waals surface area contributed by atoms with Gasteiger partial charge in [-0.3, -0.25) is 0 Å². The molecule has 1 N–H and O–H groups in total. The lowest BCUT2D eigenvalue weighted by molar-refractivity contribution is 0.0427. The molecule has 1 aromatic rings. The van der Waals surface area contributed by atoms with Gasteiger partial charge in [0.1, 0.15) is 5.82 Å². The van der Waals surface area contributed by atoms with Crippen molar-refractivity contribution < 1.29 is 23.0 Å². The van der Waals surface area contributed by atoms with Gasteiger partial charge >= 0.3 is 0 Å². The third-order valence-corrected chi connectivity index (χ3v) is 3.30. The van der Waals surface area contributed by atoms with E-state index in [-0.39, 0.29) is 11.5 Å². The van der Waals surface area contributed by atoms with E-state index in [1.807, 2.05) is 0 Å². The maximum absolute atomic E-state index is 13.4. The molecule has 1 aromatic carbocycles. The molecule has 1 aliphatic heterocycles. The molecule has 0 spiro atoms. The lowest BCUT2D eigenvalue weighted by atomic mass is 9.91. The maximum Gasteiger partial charge on any atom is 0.161 e. The molecular weight excluding hydrogens is 245 g/mol. The van der Waals surface area contributed by atoms with Gasteiger partial charge < -0.3 is 9.84 Å². The van der Waals surface area contributed by atoms with E-state index in [0.29, 0.717) is 25.7 Å². The van der Waals surface area contributed by atoms with Gasteiger partial charge in [0.2, 0.25) is 0 Å². The Hall–Kier alpha value is -1.07. The Morgan fingerprint density at radius 2 is 1.72 bits per heavy atom.